The number of rotatable bonds is 8. The van der Waals surface area contributed by atoms with Crippen LogP contribution in [0.5, 0.6) is 11.5 Å². The lowest BCUT2D eigenvalue weighted by Gasteiger charge is -2.37. The van der Waals surface area contributed by atoms with Crippen molar-refractivity contribution < 1.29 is 19.2 Å². The molecule has 1 atom stereocenters. The molecule has 1 aromatic carbocycles. The molecule has 2 rings (SSSR count). The van der Waals surface area contributed by atoms with Gasteiger partial charge in [-0.05, 0) is 51.0 Å². The average Bonchev–Trinajstić information content (AvgIpc) is 2.64. The first-order valence-electron chi connectivity index (χ1n) is 9.05. The van der Waals surface area contributed by atoms with Gasteiger partial charge in [0.25, 0.3) is 0 Å². The number of carbonyl (C=O) groups excluding carboxylic acids is 1. The number of allylic oxidation sites excluding steroid dienone is 1. The van der Waals surface area contributed by atoms with Gasteiger partial charge in [-0.25, -0.2) is 0 Å². The summed E-state index contributed by atoms with van der Waals surface area (Å²) < 4.78 is 10.9. The topological polar surface area (TPSA) is 93.9 Å². The van der Waals surface area contributed by atoms with Gasteiger partial charge in [0, 0.05) is 23.9 Å². The number of ketones is 1. The van der Waals surface area contributed by atoms with E-state index >= 15 is 0 Å². The maximum Gasteiger partial charge on any atom is 0.315 e. The van der Waals surface area contributed by atoms with Crippen molar-refractivity contribution in [1.82, 2.24) is 10.2 Å². The largest absolute Gasteiger partial charge is 0.493 e. The molecule has 0 bridgehead atoms. The molecule has 9 heteroatoms. The second-order valence-electron chi connectivity index (χ2n) is 6.36. The van der Waals surface area contributed by atoms with Gasteiger partial charge in [0.1, 0.15) is 0 Å². The highest BCUT2D eigenvalue weighted by Gasteiger charge is 2.34. The van der Waals surface area contributed by atoms with Crippen molar-refractivity contribution in [3.8, 4) is 11.5 Å². The molecule has 0 fully saturated rings. The standard InChI is InChI=1S/C19H25N3O5S/c1-6-8-27-18-14(22(24)25)9-13(10-15(18)26-5)17-16(12(4)23)11(3)21(7-2)19(28)20-17/h9-10,17H,6-8H2,1-5H3,(H,20,28). The summed E-state index contributed by atoms with van der Waals surface area (Å²) in [6.45, 7) is 8.07. The number of nitro benzene ring substituents is 1. The van der Waals surface area contributed by atoms with Crippen LogP contribution in [0.1, 0.15) is 45.7 Å². The van der Waals surface area contributed by atoms with Crippen LogP contribution in [0.15, 0.2) is 23.4 Å². The van der Waals surface area contributed by atoms with E-state index in [4.69, 9.17) is 21.7 Å². The lowest BCUT2D eigenvalue weighted by atomic mass is 9.92. The van der Waals surface area contributed by atoms with Crippen molar-refractivity contribution in [2.75, 3.05) is 20.3 Å². The summed E-state index contributed by atoms with van der Waals surface area (Å²) >= 11 is 5.43. The molecular formula is C19H25N3O5S. The van der Waals surface area contributed by atoms with Gasteiger partial charge in [-0.2, -0.15) is 0 Å². The normalized spacial score (nSPS) is 16.7. The molecule has 28 heavy (non-hydrogen) atoms. The van der Waals surface area contributed by atoms with Gasteiger partial charge in [0.2, 0.25) is 5.75 Å². The molecule has 1 aliphatic heterocycles. The van der Waals surface area contributed by atoms with E-state index in [-0.39, 0.29) is 23.0 Å². The third-order valence-electron chi connectivity index (χ3n) is 4.55. The Morgan fingerprint density at radius 1 is 1.39 bits per heavy atom. The molecule has 1 N–H and O–H groups in total. The highest BCUT2D eigenvalue weighted by atomic mass is 32.1. The number of nitrogens with one attached hydrogen (secondary N) is 1. The Balaban J connectivity index is 2.67. The number of hydrogen-bond acceptors (Lipinski definition) is 6. The van der Waals surface area contributed by atoms with Crippen LogP contribution in [0, 0.1) is 10.1 Å². The fourth-order valence-corrected chi connectivity index (χ4v) is 3.66. The van der Waals surface area contributed by atoms with Crippen LogP contribution in [0.3, 0.4) is 0 Å². The second-order valence-corrected chi connectivity index (χ2v) is 6.75. The maximum atomic E-state index is 12.4. The molecule has 0 aliphatic carbocycles. The van der Waals surface area contributed by atoms with E-state index in [9.17, 15) is 14.9 Å². The number of hydrogen-bond donors (Lipinski definition) is 1. The summed E-state index contributed by atoms with van der Waals surface area (Å²) in [7, 11) is 1.42. The highest BCUT2D eigenvalue weighted by Crippen LogP contribution is 2.42. The lowest BCUT2D eigenvalue weighted by molar-refractivity contribution is -0.386. The zero-order valence-corrected chi connectivity index (χ0v) is 17.5. The van der Waals surface area contributed by atoms with Crippen LogP contribution in [0.25, 0.3) is 0 Å². The number of benzene rings is 1. The molecule has 0 amide bonds. The molecule has 1 heterocycles. The van der Waals surface area contributed by atoms with Gasteiger partial charge in [-0.1, -0.05) is 6.92 Å². The number of Topliss-reactive ketones (excluding diaryl/α,β-unsaturated/α-hetero) is 1. The van der Waals surface area contributed by atoms with Gasteiger partial charge in [0.15, 0.2) is 16.6 Å². The Bertz CT molecular complexity index is 837. The Morgan fingerprint density at radius 3 is 2.57 bits per heavy atom. The minimum absolute atomic E-state index is 0.0803. The molecule has 1 aromatic rings. The van der Waals surface area contributed by atoms with E-state index in [2.05, 4.69) is 5.32 Å². The summed E-state index contributed by atoms with van der Waals surface area (Å²) in [5.41, 5.74) is 1.54. The molecule has 0 saturated heterocycles. The molecule has 8 nitrogen and oxygen atoms in total. The monoisotopic (exact) mass is 407 g/mol. The third kappa shape index (κ3) is 4.09. The molecule has 0 spiro atoms. The van der Waals surface area contributed by atoms with Crippen LogP contribution in [-0.2, 0) is 4.79 Å². The molecule has 0 saturated carbocycles. The van der Waals surface area contributed by atoms with Gasteiger partial charge in [-0.3, -0.25) is 14.9 Å². The third-order valence-corrected chi connectivity index (χ3v) is 4.89. The number of methoxy groups -OCH3 is 1. The van der Waals surface area contributed by atoms with E-state index in [0.29, 0.717) is 35.8 Å². The Labute approximate surface area is 169 Å². The molecule has 152 valence electrons. The zero-order valence-electron chi connectivity index (χ0n) is 16.7. The predicted octanol–water partition coefficient (Wildman–Crippen LogP) is 3.51. The van der Waals surface area contributed by atoms with Gasteiger partial charge < -0.3 is 19.7 Å². The maximum absolute atomic E-state index is 12.4. The molecular weight excluding hydrogens is 382 g/mol. The van der Waals surface area contributed by atoms with E-state index in [0.717, 1.165) is 5.70 Å². The summed E-state index contributed by atoms with van der Waals surface area (Å²) in [6.07, 6.45) is 0.698. The van der Waals surface area contributed by atoms with Crippen molar-refractivity contribution in [3.63, 3.8) is 0 Å². The number of thiocarbonyl (C=S) groups is 1. The Kier molecular flexibility index (Phi) is 6.95. The smallest absolute Gasteiger partial charge is 0.315 e. The SMILES string of the molecule is CCCOc1c(OC)cc(C2NC(=S)N(CC)C(C)=C2C(C)=O)cc1[N+](=O)[O-]. The van der Waals surface area contributed by atoms with Crippen LogP contribution in [0.4, 0.5) is 5.69 Å². The summed E-state index contributed by atoms with van der Waals surface area (Å²) in [5.74, 6) is 0.185. The van der Waals surface area contributed by atoms with E-state index < -0.39 is 11.0 Å². The number of ether oxygens (including phenoxy) is 2. The Morgan fingerprint density at radius 2 is 2.07 bits per heavy atom. The van der Waals surface area contributed by atoms with Crippen molar-refractivity contribution in [1.29, 1.82) is 0 Å². The van der Waals surface area contributed by atoms with Crippen LogP contribution in [0.2, 0.25) is 0 Å². The second kappa shape index (κ2) is 9.01. The molecule has 0 radical (unpaired) electrons. The summed E-state index contributed by atoms with van der Waals surface area (Å²) in [6, 6.07) is 2.45. The van der Waals surface area contributed by atoms with Gasteiger partial charge in [0.05, 0.1) is 24.7 Å². The first kappa shape index (κ1) is 21.6. The molecule has 0 aromatic heterocycles. The van der Waals surface area contributed by atoms with E-state index in [1.165, 1.54) is 20.1 Å². The highest BCUT2D eigenvalue weighted by molar-refractivity contribution is 7.80. The number of carbonyl (C=O) groups is 1. The van der Waals surface area contributed by atoms with Crippen molar-refractivity contribution in [2.24, 2.45) is 0 Å². The average molecular weight is 407 g/mol. The van der Waals surface area contributed by atoms with Crippen LogP contribution in [-0.4, -0.2) is 41.0 Å². The van der Waals surface area contributed by atoms with E-state index in [1.54, 1.807) is 6.07 Å². The zero-order chi connectivity index (χ0) is 21.0. The van der Waals surface area contributed by atoms with Gasteiger partial charge in [-0.15, -0.1) is 0 Å². The molecule has 1 unspecified atom stereocenters. The first-order chi connectivity index (χ1) is 13.3. The van der Waals surface area contributed by atoms with Crippen molar-refractivity contribution in [3.05, 3.63) is 39.1 Å². The van der Waals surface area contributed by atoms with Crippen molar-refractivity contribution in [2.45, 2.75) is 40.2 Å². The molecule has 1 aliphatic rings. The minimum atomic E-state index is -0.611. The minimum Gasteiger partial charge on any atom is -0.493 e. The first-order valence-corrected chi connectivity index (χ1v) is 9.46. The van der Waals surface area contributed by atoms with Crippen LogP contribution >= 0.6 is 12.2 Å². The lowest BCUT2D eigenvalue weighted by Crippen LogP contribution is -2.47. The van der Waals surface area contributed by atoms with Gasteiger partial charge >= 0.3 is 5.69 Å². The Hall–Kier alpha value is -2.68. The van der Waals surface area contributed by atoms with Crippen LogP contribution < -0.4 is 14.8 Å². The number of nitro groups is 1. The summed E-state index contributed by atoms with van der Waals surface area (Å²) in [5, 5.41) is 15.3. The fourth-order valence-electron chi connectivity index (χ4n) is 3.28. The quantitative estimate of drug-likeness (QED) is 0.397. The number of nitrogens with zero attached hydrogens (tertiary/aromatic N) is 2. The van der Waals surface area contributed by atoms with Crippen molar-refractivity contribution >= 4 is 28.8 Å². The summed E-state index contributed by atoms with van der Waals surface area (Å²) in [4.78, 5) is 25.4. The predicted molar refractivity (Wildman–Crippen MR) is 110 cm³/mol. The van der Waals surface area contributed by atoms with E-state index in [1.807, 2.05) is 25.7 Å². The fraction of sp³-hybridized carbons (Fsp3) is 0.474.